The number of hydrogen-bond acceptors (Lipinski definition) is 0. The lowest BCUT2D eigenvalue weighted by Crippen LogP contribution is -2.05. The average molecular weight is 93.8 g/mol. The molecule has 0 fully saturated rings. The Balaban J connectivity index is 3.55. The lowest BCUT2D eigenvalue weighted by atomic mass is 10.2. The molecule has 0 saturated carbocycles. The highest BCUT2D eigenvalue weighted by atomic mass is 19.4. The zero-order chi connectivity index (χ0) is 5.21. The van der Waals surface area contributed by atoms with E-state index in [1.165, 1.54) is 4.76 Å². The van der Waals surface area contributed by atoms with Gasteiger partial charge in [-0.05, 0) is 0 Å². The molecule has 0 N–H and O–H groups in total. The molecule has 0 spiro atoms. The Kier molecular flexibility index (Phi) is 1.08. The quantitative estimate of drug-likeness (QED) is 0.314. The van der Waals surface area contributed by atoms with E-state index in [1.54, 1.807) is 0 Å². The van der Waals surface area contributed by atoms with Gasteiger partial charge in [-0.15, -0.1) is 0 Å². The Hall–Kier alpha value is -0.655. The average Bonchev–Trinajstić information content (AvgIpc) is 1.35. The molecule has 5 heteroatoms. The first-order valence-electron chi connectivity index (χ1n) is 1.14. The summed E-state index contributed by atoms with van der Waals surface area (Å²) in [7, 11) is -5.19. The van der Waals surface area contributed by atoms with Crippen LogP contribution in [0.15, 0.2) is 0 Å². The predicted molar refractivity (Wildman–Crippen MR) is 15.7 cm³/mol. The van der Waals surface area contributed by atoms with E-state index in [4.69, 9.17) is 6.57 Å². The topological polar surface area (TPSA) is 4.36 Å². The molecule has 0 unspecified atom stereocenters. The number of halogens is 3. The van der Waals surface area contributed by atoms with Gasteiger partial charge in [-0.25, -0.2) is 0 Å². The summed E-state index contributed by atoms with van der Waals surface area (Å²) in [5.74, 6) is 0. The zero-order valence-electron chi connectivity index (χ0n) is 2.66. The minimum atomic E-state index is -5.19. The van der Waals surface area contributed by atoms with Gasteiger partial charge in [0, 0.05) is 0 Å². The van der Waals surface area contributed by atoms with Crippen molar-refractivity contribution in [3.05, 3.63) is 11.3 Å². The van der Waals surface area contributed by atoms with Gasteiger partial charge in [0.25, 0.3) is 0 Å². The Morgan fingerprint density at radius 1 is 1.33 bits per heavy atom. The van der Waals surface area contributed by atoms with Crippen molar-refractivity contribution in [1.29, 1.82) is 0 Å². The summed E-state index contributed by atoms with van der Waals surface area (Å²) >= 11 is 0. The highest BCUT2D eigenvalue weighted by molar-refractivity contribution is 6.62. The second-order valence-electron chi connectivity index (χ2n) is 0.669. The highest BCUT2D eigenvalue weighted by Gasteiger charge is 2.36. The number of rotatable bonds is 0. The van der Waals surface area contributed by atoms with Crippen LogP contribution < -0.4 is 0 Å². The second kappa shape index (κ2) is 1.21. The zero-order valence-corrected chi connectivity index (χ0v) is 2.66. The summed E-state index contributed by atoms with van der Waals surface area (Å²) in [5.41, 5.74) is 0. The van der Waals surface area contributed by atoms with Crippen LogP contribution in [0.3, 0.4) is 0 Å². The third-order valence-corrected chi connectivity index (χ3v) is 0.146. The summed E-state index contributed by atoms with van der Waals surface area (Å²) in [5, 5.41) is 0. The van der Waals surface area contributed by atoms with E-state index in [0.29, 0.717) is 0 Å². The van der Waals surface area contributed by atoms with Crippen LogP contribution in [-0.2, 0) is 0 Å². The van der Waals surface area contributed by atoms with Crippen molar-refractivity contribution < 1.29 is 12.9 Å². The predicted octanol–water partition coefficient (Wildman–Crippen LogP) is 1.25. The second-order valence-corrected chi connectivity index (χ2v) is 0.669. The first kappa shape index (κ1) is 5.34. The fraction of sp³-hybridized carbons (Fsp3) is 0. The molecule has 0 amide bonds. The van der Waals surface area contributed by atoms with Crippen LogP contribution in [0.4, 0.5) is 12.9 Å². The first-order chi connectivity index (χ1) is 2.56. The molecule has 34 valence electrons. The van der Waals surface area contributed by atoms with Gasteiger partial charge >= 0.3 is 7.11 Å². The van der Waals surface area contributed by atoms with Crippen LogP contribution >= 0.6 is 0 Å². The van der Waals surface area contributed by atoms with Crippen LogP contribution in [0.1, 0.15) is 0 Å². The standard InChI is InChI=1S/CBF3N/c1-6-2(3,4)5/q-1. The van der Waals surface area contributed by atoms with E-state index >= 15 is 0 Å². The lowest BCUT2D eigenvalue weighted by molar-refractivity contribution is 0.497. The Morgan fingerprint density at radius 3 is 1.50 bits per heavy atom. The maximum Gasteiger partial charge on any atom is 0.890 e. The van der Waals surface area contributed by atoms with Crippen molar-refractivity contribution in [3.63, 3.8) is 0 Å². The van der Waals surface area contributed by atoms with Crippen molar-refractivity contribution in [2.45, 2.75) is 0 Å². The summed E-state index contributed by atoms with van der Waals surface area (Å²) in [6.45, 7) is 5.38. The summed E-state index contributed by atoms with van der Waals surface area (Å²) in [4.78, 5) is 0. The SMILES string of the molecule is [C-]#[N+][B-](F)(F)F. The van der Waals surface area contributed by atoms with Crippen LogP contribution in [0.25, 0.3) is 4.76 Å². The van der Waals surface area contributed by atoms with Gasteiger partial charge in [0.05, 0.1) is 0 Å². The van der Waals surface area contributed by atoms with Crippen molar-refractivity contribution >= 4 is 7.11 Å². The molecule has 0 aromatic heterocycles. The van der Waals surface area contributed by atoms with Gasteiger partial charge in [0.2, 0.25) is 0 Å². The largest absolute Gasteiger partial charge is 0.890 e. The number of nitrogens with zero attached hydrogens (tertiary/aromatic N) is 1. The Labute approximate surface area is 32.7 Å². The van der Waals surface area contributed by atoms with E-state index in [2.05, 4.69) is 0 Å². The van der Waals surface area contributed by atoms with E-state index < -0.39 is 7.11 Å². The molecule has 0 bridgehead atoms. The molecule has 0 aliphatic rings. The molecule has 1 nitrogen and oxygen atoms in total. The van der Waals surface area contributed by atoms with E-state index in [-0.39, 0.29) is 0 Å². The minimum Gasteiger partial charge on any atom is -0.475 e. The highest BCUT2D eigenvalue weighted by Crippen LogP contribution is 2.07. The molecule has 0 heterocycles. The molecule has 0 aromatic rings. The van der Waals surface area contributed by atoms with Crippen LogP contribution in [0.5, 0.6) is 0 Å². The summed E-state index contributed by atoms with van der Waals surface area (Å²) < 4.78 is 32.8. The number of hydrogen-bond donors (Lipinski definition) is 0. The van der Waals surface area contributed by atoms with Gasteiger partial charge in [-0.2, -0.15) is 0 Å². The Morgan fingerprint density at radius 2 is 1.50 bits per heavy atom. The third-order valence-electron chi connectivity index (χ3n) is 0.146. The summed E-state index contributed by atoms with van der Waals surface area (Å²) in [6, 6.07) is 0. The van der Waals surface area contributed by atoms with E-state index in [1.807, 2.05) is 0 Å². The van der Waals surface area contributed by atoms with Gasteiger partial charge in [-0.1, -0.05) is 0 Å². The van der Waals surface area contributed by atoms with Crippen molar-refractivity contribution in [1.82, 2.24) is 0 Å². The maximum atomic E-state index is 10.5. The van der Waals surface area contributed by atoms with Crippen molar-refractivity contribution in [3.8, 4) is 0 Å². The molecule has 6 heavy (non-hydrogen) atoms. The summed E-state index contributed by atoms with van der Waals surface area (Å²) in [6.07, 6.45) is 0. The van der Waals surface area contributed by atoms with E-state index in [9.17, 15) is 12.9 Å². The minimum absolute atomic E-state index is 1.33. The molecule has 0 radical (unpaired) electrons. The van der Waals surface area contributed by atoms with E-state index in [0.717, 1.165) is 0 Å². The van der Waals surface area contributed by atoms with Gasteiger partial charge in [0.1, 0.15) is 0 Å². The fourth-order valence-electron chi connectivity index (χ4n) is 0. The maximum absolute atomic E-state index is 10.5. The fourth-order valence-corrected chi connectivity index (χ4v) is 0. The molecular weight excluding hydrogens is 93.8 g/mol. The molecular formula is CBF3N-. The monoisotopic (exact) mass is 94.0 g/mol. The van der Waals surface area contributed by atoms with Crippen LogP contribution in [0.2, 0.25) is 0 Å². The molecule has 0 rings (SSSR count). The smallest absolute Gasteiger partial charge is 0.475 e. The lowest BCUT2D eigenvalue weighted by Gasteiger charge is -1.89. The first-order valence-corrected chi connectivity index (χ1v) is 1.14. The molecule has 0 saturated heterocycles. The van der Waals surface area contributed by atoms with Crippen molar-refractivity contribution in [2.24, 2.45) is 0 Å². The van der Waals surface area contributed by atoms with Crippen LogP contribution in [-0.4, -0.2) is 7.11 Å². The Bertz CT molecular complexity index is 77.8. The van der Waals surface area contributed by atoms with Gasteiger partial charge in [0.15, 0.2) is 0 Å². The molecule has 0 aliphatic carbocycles. The van der Waals surface area contributed by atoms with Gasteiger partial charge in [-0.3, -0.25) is 0 Å². The molecule has 0 atom stereocenters. The van der Waals surface area contributed by atoms with Crippen molar-refractivity contribution in [2.75, 3.05) is 0 Å². The van der Waals surface area contributed by atoms with Crippen LogP contribution in [0, 0.1) is 6.57 Å². The van der Waals surface area contributed by atoms with Gasteiger partial charge < -0.3 is 24.3 Å². The molecule has 0 aromatic carbocycles. The molecule has 0 aliphatic heterocycles. The normalized spacial score (nSPS) is 10.3. The third kappa shape index (κ3) is 3.34.